The number of benzene rings is 1. The van der Waals surface area contributed by atoms with Crippen molar-refractivity contribution < 1.29 is 25.0 Å². The van der Waals surface area contributed by atoms with Gasteiger partial charge in [-0.25, -0.2) is 0 Å². The molecular weight excluding hydrogens is 352 g/mol. The number of nitrogens with one attached hydrogen (secondary N) is 1. The fourth-order valence-electron chi connectivity index (χ4n) is 2.52. The van der Waals surface area contributed by atoms with Gasteiger partial charge in [0.1, 0.15) is 0 Å². The van der Waals surface area contributed by atoms with E-state index in [0.717, 1.165) is 0 Å². The molecule has 1 saturated carbocycles. The minimum absolute atomic E-state index is 0.260. The molecule has 1 aromatic carbocycles. The normalized spacial score (nSPS) is 15.0. The average Bonchev–Trinajstić information content (AvgIpc) is 3.07. The average molecular weight is 372 g/mol. The van der Waals surface area contributed by atoms with Crippen molar-refractivity contribution in [3.63, 3.8) is 0 Å². The molecule has 1 atom stereocenters. The molecule has 1 unspecified atom stereocenters. The van der Waals surface area contributed by atoms with Crippen molar-refractivity contribution in [2.45, 2.75) is 44.7 Å². The van der Waals surface area contributed by atoms with Crippen molar-refractivity contribution in [3.8, 4) is 5.75 Å². The van der Waals surface area contributed by atoms with Crippen molar-refractivity contribution >= 4 is 17.1 Å². The van der Waals surface area contributed by atoms with Crippen LogP contribution in [0, 0.1) is 30.3 Å². The molecule has 0 saturated heterocycles. The lowest BCUT2D eigenvalue weighted by molar-refractivity contribution is -0.404. The lowest BCUT2D eigenvalue weighted by Crippen LogP contribution is -2.36. The molecule has 12 nitrogen and oxygen atoms in total. The molecule has 12 heteroatoms. The summed E-state index contributed by atoms with van der Waals surface area (Å²) in [4.78, 5) is 27.8. The van der Waals surface area contributed by atoms with Crippen LogP contribution in [0.25, 0.3) is 0 Å². The third-order valence-electron chi connectivity index (χ3n) is 3.81. The second-order valence-corrected chi connectivity index (χ2v) is 5.84. The van der Waals surface area contributed by atoms with E-state index in [1.807, 2.05) is 6.92 Å². The van der Waals surface area contributed by atoms with Crippen molar-refractivity contribution in [1.29, 1.82) is 0 Å². The Labute approximate surface area is 147 Å². The molecule has 1 aliphatic rings. The standard InChI is InChI=1S/C8H17NO.C6H3N3O7/c1-7(6-10)9-8-4-2-3-5-8;10-6-4(8(13)14)1-3(7(11)12)2-5(6)9(15)16/h7-10H,2-6H2,1H3;1-2,10H. The summed E-state index contributed by atoms with van der Waals surface area (Å²) in [5.74, 6) is -1.21. The molecule has 0 bridgehead atoms. The van der Waals surface area contributed by atoms with Gasteiger partial charge in [-0.05, 0) is 19.8 Å². The predicted octanol–water partition coefficient (Wildman–Crippen LogP) is 2.02. The SMILES string of the molecule is CC(CO)NC1CCCC1.O=[N+]([O-])c1cc([N+](=O)[O-])c(O)c([N+](=O)[O-])c1. The first-order chi connectivity index (χ1) is 12.2. The monoisotopic (exact) mass is 372 g/mol. The molecule has 144 valence electrons. The maximum atomic E-state index is 10.4. The maximum Gasteiger partial charge on any atom is 0.324 e. The number of aromatic hydroxyl groups is 1. The molecule has 1 fully saturated rings. The number of nitro groups is 3. The Morgan fingerprint density at radius 2 is 1.54 bits per heavy atom. The van der Waals surface area contributed by atoms with Gasteiger partial charge in [0, 0.05) is 12.1 Å². The summed E-state index contributed by atoms with van der Waals surface area (Å²) >= 11 is 0. The number of hydrogen-bond acceptors (Lipinski definition) is 9. The first-order valence-electron chi connectivity index (χ1n) is 7.84. The molecule has 1 aliphatic carbocycles. The van der Waals surface area contributed by atoms with Crippen LogP contribution in [-0.4, -0.2) is 43.7 Å². The van der Waals surface area contributed by atoms with E-state index in [-0.39, 0.29) is 12.6 Å². The minimum Gasteiger partial charge on any atom is -0.497 e. The molecule has 0 aromatic heterocycles. The molecule has 3 N–H and O–H groups in total. The number of aliphatic hydroxyl groups excluding tert-OH is 1. The second kappa shape index (κ2) is 9.58. The van der Waals surface area contributed by atoms with Gasteiger partial charge in [0.15, 0.2) is 0 Å². The molecular formula is C14H20N4O8. The molecule has 0 aliphatic heterocycles. The highest BCUT2D eigenvalue weighted by Gasteiger charge is 2.30. The molecule has 0 spiro atoms. The van der Waals surface area contributed by atoms with E-state index in [0.29, 0.717) is 18.2 Å². The summed E-state index contributed by atoms with van der Waals surface area (Å²) < 4.78 is 0. The van der Waals surface area contributed by atoms with E-state index in [9.17, 15) is 30.3 Å². The highest BCUT2D eigenvalue weighted by molar-refractivity contribution is 5.64. The van der Waals surface area contributed by atoms with Gasteiger partial charge in [-0.2, -0.15) is 0 Å². The van der Waals surface area contributed by atoms with Crippen molar-refractivity contribution in [1.82, 2.24) is 5.32 Å². The van der Waals surface area contributed by atoms with Crippen LogP contribution in [-0.2, 0) is 0 Å². The molecule has 2 rings (SSSR count). The van der Waals surface area contributed by atoms with Gasteiger partial charge in [0.05, 0.1) is 33.5 Å². The summed E-state index contributed by atoms with van der Waals surface area (Å²) in [5.41, 5.74) is -3.00. The van der Waals surface area contributed by atoms with Crippen molar-refractivity contribution in [2.24, 2.45) is 0 Å². The van der Waals surface area contributed by atoms with Crippen LogP contribution in [0.4, 0.5) is 17.1 Å². The van der Waals surface area contributed by atoms with Crippen molar-refractivity contribution in [2.75, 3.05) is 6.61 Å². The van der Waals surface area contributed by atoms with Gasteiger partial charge in [0.25, 0.3) is 11.4 Å². The molecule has 26 heavy (non-hydrogen) atoms. The quantitative estimate of drug-likeness (QED) is 0.496. The lowest BCUT2D eigenvalue weighted by atomic mass is 10.2. The summed E-state index contributed by atoms with van der Waals surface area (Å²) in [6.07, 6.45) is 5.31. The Hall–Kier alpha value is -2.86. The van der Waals surface area contributed by atoms with E-state index in [1.165, 1.54) is 25.7 Å². The van der Waals surface area contributed by atoms with Crippen LogP contribution in [0.1, 0.15) is 32.6 Å². The smallest absolute Gasteiger partial charge is 0.324 e. The van der Waals surface area contributed by atoms with Gasteiger partial charge in [-0.1, -0.05) is 12.8 Å². The number of aliphatic hydroxyl groups is 1. The zero-order valence-electron chi connectivity index (χ0n) is 14.0. The van der Waals surface area contributed by atoms with Crippen LogP contribution in [0.3, 0.4) is 0 Å². The van der Waals surface area contributed by atoms with E-state index in [2.05, 4.69) is 5.32 Å². The zero-order valence-corrected chi connectivity index (χ0v) is 14.0. The van der Waals surface area contributed by atoms with E-state index >= 15 is 0 Å². The van der Waals surface area contributed by atoms with E-state index < -0.39 is 37.6 Å². The minimum atomic E-state index is -1.21. The Bertz CT molecular complexity index is 640. The fraction of sp³-hybridized carbons (Fsp3) is 0.571. The number of nitro benzene ring substituents is 3. The fourth-order valence-corrected chi connectivity index (χ4v) is 2.52. The van der Waals surface area contributed by atoms with Gasteiger partial charge in [0.2, 0.25) is 0 Å². The highest BCUT2D eigenvalue weighted by Crippen LogP contribution is 2.38. The summed E-state index contributed by atoms with van der Waals surface area (Å²) in [6.45, 7) is 2.29. The summed E-state index contributed by atoms with van der Waals surface area (Å²) in [6, 6.07) is 1.86. The van der Waals surface area contributed by atoms with Crippen LogP contribution in [0.15, 0.2) is 12.1 Å². The summed E-state index contributed by atoms with van der Waals surface area (Å²) in [7, 11) is 0. The summed E-state index contributed by atoms with van der Waals surface area (Å²) in [5, 5.41) is 52.3. The number of rotatable bonds is 6. The molecule has 0 amide bonds. The first-order valence-corrected chi connectivity index (χ1v) is 7.84. The molecule has 0 heterocycles. The zero-order chi connectivity index (χ0) is 19.9. The lowest BCUT2D eigenvalue weighted by Gasteiger charge is -2.16. The number of phenols is 1. The third kappa shape index (κ3) is 5.89. The van der Waals surface area contributed by atoms with Crippen LogP contribution in [0.5, 0.6) is 5.75 Å². The first kappa shape index (κ1) is 21.2. The van der Waals surface area contributed by atoms with E-state index in [4.69, 9.17) is 10.2 Å². The Kier molecular flexibility index (Phi) is 7.80. The number of hydrogen-bond donors (Lipinski definition) is 3. The van der Waals surface area contributed by atoms with Gasteiger partial charge >= 0.3 is 11.4 Å². The van der Waals surface area contributed by atoms with Crippen LogP contribution in [0.2, 0.25) is 0 Å². The van der Waals surface area contributed by atoms with Gasteiger partial charge in [-0.3, -0.25) is 30.3 Å². The Morgan fingerprint density at radius 3 is 1.88 bits per heavy atom. The van der Waals surface area contributed by atoms with Crippen LogP contribution >= 0.6 is 0 Å². The van der Waals surface area contributed by atoms with Gasteiger partial charge < -0.3 is 15.5 Å². The number of phenolic OH excluding ortho intramolecular Hbond substituents is 1. The number of non-ortho nitro benzene ring substituents is 1. The second-order valence-electron chi connectivity index (χ2n) is 5.84. The Morgan fingerprint density at radius 1 is 1.08 bits per heavy atom. The van der Waals surface area contributed by atoms with Gasteiger partial charge in [-0.15, -0.1) is 0 Å². The third-order valence-corrected chi connectivity index (χ3v) is 3.81. The highest BCUT2D eigenvalue weighted by atomic mass is 16.6. The molecule has 1 aromatic rings. The number of nitrogens with zero attached hydrogens (tertiary/aromatic N) is 3. The van der Waals surface area contributed by atoms with E-state index in [1.54, 1.807) is 0 Å². The molecule has 0 radical (unpaired) electrons. The predicted molar refractivity (Wildman–Crippen MR) is 90.0 cm³/mol. The van der Waals surface area contributed by atoms with Crippen LogP contribution < -0.4 is 5.32 Å². The largest absolute Gasteiger partial charge is 0.497 e. The topological polar surface area (TPSA) is 182 Å². The Balaban J connectivity index is 0.000000289. The maximum absolute atomic E-state index is 10.4. The van der Waals surface area contributed by atoms with Crippen molar-refractivity contribution in [3.05, 3.63) is 42.5 Å².